The maximum atomic E-state index is 10.4. The van der Waals surface area contributed by atoms with Gasteiger partial charge in [0.05, 0.1) is 13.7 Å². The van der Waals surface area contributed by atoms with Crippen LogP contribution >= 0.6 is 11.8 Å². The Balaban J connectivity index is 1.69. The third-order valence-corrected chi connectivity index (χ3v) is 5.10. The SMILES string of the molecule is CCS[C@@H]1O[C@@H]2CO[C@@H](c3ccc(OC)cc3)O[C@@H]2[C@H](O)[C@H]1O. The molecule has 128 valence electrons. The number of aliphatic hydroxyl groups excluding tert-OH is 2. The molecule has 2 aliphatic rings. The van der Waals surface area contributed by atoms with Crippen LogP contribution in [0.15, 0.2) is 24.3 Å². The zero-order valence-electron chi connectivity index (χ0n) is 13.1. The summed E-state index contributed by atoms with van der Waals surface area (Å²) in [5.41, 5.74) is 0.372. The molecule has 6 atom stereocenters. The number of thioether (sulfide) groups is 1. The highest BCUT2D eigenvalue weighted by molar-refractivity contribution is 7.99. The van der Waals surface area contributed by atoms with Gasteiger partial charge in [-0.05, 0) is 17.9 Å². The number of ether oxygens (including phenoxy) is 4. The second-order valence-electron chi connectivity index (χ2n) is 5.52. The van der Waals surface area contributed by atoms with Crippen LogP contribution in [0.4, 0.5) is 0 Å². The summed E-state index contributed by atoms with van der Waals surface area (Å²) in [7, 11) is 1.61. The van der Waals surface area contributed by atoms with Gasteiger partial charge in [-0.15, -0.1) is 11.8 Å². The zero-order chi connectivity index (χ0) is 16.4. The minimum absolute atomic E-state index is 0.311. The largest absolute Gasteiger partial charge is 0.497 e. The van der Waals surface area contributed by atoms with E-state index >= 15 is 0 Å². The van der Waals surface area contributed by atoms with E-state index in [1.54, 1.807) is 7.11 Å². The molecule has 2 heterocycles. The van der Waals surface area contributed by atoms with Gasteiger partial charge in [0.1, 0.15) is 35.6 Å². The van der Waals surface area contributed by atoms with Gasteiger partial charge in [-0.2, -0.15) is 0 Å². The Labute approximate surface area is 139 Å². The minimum atomic E-state index is -0.998. The van der Waals surface area contributed by atoms with Gasteiger partial charge in [-0.1, -0.05) is 19.1 Å². The van der Waals surface area contributed by atoms with Crippen molar-refractivity contribution in [3.63, 3.8) is 0 Å². The zero-order valence-corrected chi connectivity index (χ0v) is 13.9. The van der Waals surface area contributed by atoms with Crippen molar-refractivity contribution in [1.82, 2.24) is 0 Å². The van der Waals surface area contributed by atoms with E-state index in [1.165, 1.54) is 11.8 Å². The molecule has 2 fully saturated rings. The lowest BCUT2D eigenvalue weighted by Gasteiger charge is -2.46. The molecular formula is C16H22O6S. The second kappa shape index (κ2) is 7.38. The van der Waals surface area contributed by atoms with Crippen LogP contribution in [-0.4, -0.2) is 59.5 Å². The predicted octanol–water partition coefficient (Wildman–Crippen LogP) is 1.31. The van der Waals surface area contributed by atoms with E-state index in [0.717, 1.165) is 17.1 Å². The molecule has 6 nitrogen and oxygen atoms in total. The highest BCUT2D eigenvalue weighted by atomic mass is 32.2. The minimum Gasteiger partial charge on any atom is -0.497 e. The first kappa shape index (κ1) is 17.0. The quantitative estimate of drug-likeness (QED) is 0.854. The fourth-order valence-electron chi connectivity index (χ4n) is 2.81. The van der Waals surface area contributed by atoms with Crippen molar-refractivity contribution >= 4 is 11.8 Å². The molecule has 2 N–H and O–H groups in total. The lowest BCUT2D eigenvalue weighted by molar-refractivity contribution is -0.318. The normalized spacial score (nSPS) is 37.2. The van der Waals surface area contributed by atoms with E-state index in [2.05, 4.69) is 0 Å². The van der Waals surface area contributed by atoms with E-state index in [-0.39, 0.29) is 6.10 Å². The van der Waals surface area contributed by atoms with Gasteiger partial charge in [0, 0.05) is 5.56 Å². The summed E-state index contributed by atoms with van der Waals surface area (Å²) >= 11 is 1.46. The van der Waals surface area contributed by atoms with Gasteiger partial charge in [-0.3, -0.25) is 0 Å². The summed E-state index contributed by atoms with van der Waals surface area (Å²) in [5.74, 6) is 1.54. The fraction of sp³-hybridized carbons (Fsp3) is 0.625. The predicted molar refractivity (Wildman–Crippen MR) is 85.4 cm³/mol. The van der Waals surface area contributed by atoms with Crippen LogP contribution in [0.2, 0.25) is 0 Å². The van der Waals surface area contributed by atoms with Crippen molar-refractivity contribution in [2.45, 2.75) is 43.1 Å². The van der Waals surface area contributed by atoms with Crippen LogP contribution < -0.4 is 4.74 Å². The van der Waals surface area contributed by atoms with Crippen molar-refractivity contribution < 1.29 is 29.2 Å². The molecule has 0 aliphatic carbocycles. The van der Waals surface area contributed by atoms with Crippen molar-refractivity contribution in [3.05, 3.63) is 29.8 Å². The average molecular weight is 342 g/mol. The molecule has 0 bridgehead atoms. The smallest absolute Gasteiger partial charge is 0.184 e. The van der Waals surface area contributed by atoms with Crippen LogP contribution in [0, 0.1) is 0 Å². The molecule has 0 unspecified atom stereocenters. The molecule has 0 spiro atoms. The third-order valence-electron chi connectivity index (χ3n) is 4.05. The van der Waals surface area contributed by atoms with E-state index < -0.39 is 30.0 Å². The van der Waals surface area contributed by atoms with Gasteiger partial charge in [0.2, 0.25) is 0 Å². The summed E-state index contributed by atoms with van der Waals surface area (Å²) in [4.78, 5) is 0. The number of methoxy groups -OCH3 is 1. The third kappa shape index (κ3) is 3.50. The van der Waals surface area contributed by atoms with Crippen molar-refractivity contribution in [2.24, 2.45) is 0 Å². The Hall–Kier alpha value is -0.830. The molecule has 0 aromatic heterocycles. The fourth-order valence-corrected chi connectivity index (χ4v) is 3.72. The van der Waals surface area contributed by atoms with E-state index in [0.29, 0.717) is 6.61 Å². The van der Waals surface area contributed by atoms with Crippen molar-refractivity contribution in [1.29, 1.82) is 0 Å². The van der Waals surface area contributed by atoms with Crippen LogP contribution in [0.25, 0.3) is 0 Å². The Morgan fingerprint density at radius 3 is 2.57 bits per heavy atom. The van der Waals surface area contributed by atoms with Gasteiger partial charge in [0.25, 0.3) is 0 Å². The number of hydrogen-bond acceptors (Lipinski definition) is 7. The molecule has 2 saturated heterocycles. The van der Waals surface area contributed by atoms with E-state index in [4.69, 9.17) is 18.9 Å². The summed E-state index contributed by atoms with van der Waals surface area (Å²) in [6.07, 6.45) is -3.56. The number of aliphatic hydroxyl groups is 2. The van der Waals surface area contributed by atoms with Gasteiger partial charge in [-0.25, -0.2) is 0 Å². The summed E-state index contributed by atoms with van der Waals surface area (Å²) in [5, 5.41) is 20.6. The number of hydrogen-bond donors (Lipinski definition) is 2. The molecule has 0 radical (unpaired) electrons. The van der Waals surface area contributed by atoms with Gasteiger partial charge >= 0.3 is 0 Å². The summed E-state index contributed by atoms with van der Waals surface area (Å²) in [6, 6.07) is 7.35. The standard InChI is InChI=1S/C16H22O6S/c1-3-23-16-13(18)12(17)14-11(21-16)8-20-15(22-14)9-4-6-10(19-2)7-5-9/h4-7,11-18H,3,8H2,1-2H3/t11-,12-,13-,14+,15-,16+/m1/s1. The lowest BCUT2D eigenvalue weighted by Crippen LogP contribution is -2.60. The molecule has 23 heavy (non-hydrogen) atoms. The number of rotatable bonds is 4. The maximum absolute atomic E-state index is 10.4. The lowest BCUT2D eigenvalue weighted by atomic mass is 9.99. The molecule has 0 amide bonds. The Morgan fingerprint density at radius 1 is 1.17 bits per heavy atom. The Kier molecular flexibility index (Phi) is 5.45. The number of fused-ring (bicyclic) bond motifs is 1. The molecule has 7 heteroatoms. The first-order valence-electron chi connectivity index (χ1n) is 7.68. The molecule has 1 aromatic rings. The summed E-state index contributed by atoms with van der Waals surface area (Å²) in [6.45, 7) is 2.29. The van der Waals surface area contributed by atoms with Crippen molar-refractivity contribution in [2.75, 3.05) is 19.5 Å². The first-order chi connectivity index (χ1) is 11.1. The first-order valence-corrected chi connectivity index (χ1v) is 8.73. The second-order valence-corrected chi connectivity index (χ2v) is 6.89. The van der Waals surface area contributed by atoms with Crippen LogP contribution in [0.5, 0.6) is 5.75 Å². The van der Waals surface area contributed by atoms with E-state index in [9.17, 15) is 10.2 Å². The van der Waals surface area contributed by atoms with Crippen LogP contribution in [0.1, 0.15) is 18.8 Å². The van der Waals surface area contributed by atoms with Crippen molar-refractivity contribution in [3.8, 4) is 5.75 Å². The highest BCUT2D eigenvalue weighted by Gasteiger charge is 2.48. The highest BCUT2D eigenvalue weighted by Crippen LogP contribution is 2.36. The van der Waals surface area contributed by atoms with Gasteiger partial charge < -0.3 is 29.2 Å². The molecule has 1 aromatic carbocycles. The Morgan fingerprint density at radius 2 is 1.91 bits per heavy atom. The Bertz CT molecular complexity index is 508. The molecule has 0 saturated carbocycles. The van der Waals surface area contributed by atoms with Crippen LogP contribution in [-0.2, 0) is 14.2 Å². The van der Waals surface area contributed by atoms with Gasteiger partial charge in [0.15, 0.2) is 6.29 Å². The monoisotopic (exact) mass is 342 g/mol. The van der Waals surface area contributed by atoms with Crippen LogP contribution in [0.3, 0.4) is 0 Å². The topological polar surface area (TPSA) is 77.4 Å². The molecule has 2 aliphatic heterocycles. The van der Waals surface area contributed by atoms with E-state index in [1.807, 2.05) is 31.2 Å². The molecular weight excluding hydrogens is 320 g/mol. The maximum Gasteiger partial charge on any atom is 0.184 e. The molecule has 3 rings (SSSR count). The number of benzene rings is 1. The average Bonchev–Trinajstić information content (AvgIpc) is 2.59. The summed E-state index contributed by atoms with van der Waals surface area (Å²) < 4.78 is 22.5.